The summed E-state index contributed by atoms with van der Waals surface area (Å²) in [4.78, 5) is 22.9. The van der Waals surface area contributed by atoms with Crippen molar-refractivity contribution in [2.24, 2.45) is 0 Å². The van der Waals surface area contributed by atoms with Crippen LogP contribution >= 0.6 is 0 Å². The minimum Gasteiger partial charge on any atom is -0.468 e. The van der Waals surface area contributed by atoms with Gasteiger partial charge in [-0.25, -0.2) is 8.42 Å². The third-order valence-electron chi connectivity index (χ3n) is 3.47. The van der Waals surface area contributed by atoms with E-state index in [4.69, 9.17) is 14.2 Å². The fourth-order valence-electron chi connectivity index (χ4n) is 2.07. The molecule has 0 saturated heterocycles. The molecule has 1 amide bonds. The van der Waals surface area contributed by atoms with Gasteiger partial charge in [-0.2, -0.15) is 4.72 Å². The van der Waals surface area contributed by atoms with Crippen LogP contribution in [0.15, 0.2) is 29.2 Å². The third kappa shape index (κ3) is 9.82. The summed E-state index contributed by atoms with van der Waals surface area (Å²) in [6.07, 6.45) is -0.107. The van der Waals surface area contributed by atoms with Gasteiger partial charge in [-0.15, -0.1) is 0 Å². The molecule has 0 heterocycles. The normalized spacial score (nSPS) is 11.8. The molecule has 1 aromatic rings. The van der Waals surface area contributed by atoms with Gasteiger partial charge in [0.15, 0.2) is 0 Å². The predicted molar refractivity (Wildman–Crippen MR) is 108 cm³/mol. The average molecular weight is 442 g/mol. The van der Waals surface area contributed by atoms with Gasteiger partial charge in [0.05, 0.1) is 25.2 Å². The van der Waals surface area contributed by atoms with Gasteiger partial charge in [0.25, 0.3) is 0 Å². The fraction of sp³-hybridized carbons (Fsp3) is 0.474. The van der Waals surface area contributed by atoms with E-state index in [2.05, 4.69) is 26.6 Å². The molecule has 1 unspecified atom stereocenters. The Labute approximate surface area is 176 Å². The Morgan fingerprint density at radius 3 is 2.37 bits per heavy atom. The van der Waals surface area contributed by atoms with E-state index in [1.165, 1.54) is 31.2 Å². The molecule has 0 aliphatic rings. The van der Waals surface area contributed by atoms with E-state index in [1.54, 1.807) is 7.11 Å². The van der Waals surface area contributed by atoms with Crippen molar-refractivity contribution in [1.82, 2.24) is 4.72 Å². The Morgan fingerprint density at radius 2 is 1.77 bits per heavy atom. The Bertz CT molecular complexity index is 844. The minimum absolute atomic E-state index is 0.0413. The smallest absolute Gasteiger partial charge is 0.324 e. The minimum atomic E-state index is -4.01. The number of carbonyl (C=O) groups excluding carboxylic acids is 2. The highest BCUT2D eigenvalue weighted by molar-refractivity contribution is 7.89. The van der Waals surface area contributed by atoms with Crippen LogP contribution < -0.4 is 10.0 Å². The standard InChI is InChI=1S/C19H26N2O8S/c1-15(22)20-16-7-9-17(10-8-16)30(24,25)21-18(19(23)27-3)6-4-5-11-28-14-29-13-12-26-2/h7-10,18,21H,6,11-14H2,1-3H3,(H,20,22). The molecule has 2 N–H and O–H groups in total. The summed E-state index contributed by atoms with van der Waals surface area (Å²) in [5, 5.41) is 2.54. The first kappa shape index (κ1) is 25.5. The molecule has 11 heteroatoms. The third-order valence-corrected chi connectivity index (χ3v) is 4.96. The highest BCUT2D eigenvalue weighted by Crippen LogP contribution is 2.15. The van der Waals surface area contributed by atoms with Gasteiger partial charge in [0.2, 0.25) is 15.9 Å². The lowest BCUT2D eigenvalue weighted by atomic mass is 10.2. The molecule has 0 radical (unpaired) electrons. The highest BCUT2D eigenvalue weighted by atomic mass is 32.2. The van der Waals surface area contributed by atoms with E-state index in [1.807, 2.05) is 0 Å². The van der Waals surface area contributed by atoms with Crippen LogP contribution in [0.5, 0.6) is 0 Å². The first-order chi connectivity index (χ1) is 14.3. The summed E-state index contributed by atoms with van der Waals surface area (Å²) in [5.41, 5.74) is 0.447. The van der Waals surface area contributed by atoms with Gasteiger partial charge in [-0.05, 0) is 24.3 Å². The maximum absolute atomic E-state index is 12.6. The zero-order valence-corrected chi connectivity index (χ0v) is 17.9. The SMILES string of the molecule is COCCOCOCC#CCC(NS(=O)(=O)c1ccc(NC(C)=O)cc1)C(=O)OC. The molecular formula is C19H26N2O8S. The zero-order valence-electron chi connectivity index (χ0n) is 17.1. The number of nitrogens with one attached hydrogen (secondary N) is 2. The number of benzene rings is 1. The molecule has 0 aromatic heterocycles. The quantitative estimate of drug-likeness (QED) is 0.207. The number of methoxy groups -OCH3 is 2. The van der Waals surface area contributed by atoms with Crippen molar-refractivity contribution in [3.8, 4) is 11.8 Å². The summed E-state index contributed by atoms with van der Waals surface area (Å²) in [6.45, 7) is 2.28. The molecule has 0 bridgehead atoms. The molecule has 0 fully saturated rings. The number of amides is 1. The van der Waals surface area contributed by atoms with E-state index < -0.39 is 22.0 Å². The van der Waals surface area contributed by atoms with Crippen LogP contribution in [0.1, 0.15) is 13.3 Å². The summed E-state index contributed by atoms with van der Waals surface area (Å²) in [5.74, 6) is 4.30. The maximum atomic E-state index is 12.6. The van der Waals surface area contributed by atoms with Crippen molar-refractivity contribution in [2.75, 3.05) is 46.1 Å². The topological polar surface area (TPSA) is 129 Å². The average Bonchev–Trinajstić information content (AvgIpc) is 2.71. The zero-order chi connectivity index (χ0) is 22.4. The summed E-state index contributed by atoms with van der Waals surface area (Å²) >= 11 is 0. The first-order valence-electron chi connectivity index (χ1n) is 8.88. The maximum Gasteiger partial charge on any atom is 0.324 e. The Kier molecular flexibility index (Phi) is 11.7. The molecule has 1 atom stereocenters. The second kappa shape index (κ2) is 13.7. The number of anilines is 1. The van der Waals surface area contributed by atoms with E-state index in [0.29, 0.717) is 18.9 Å². The lowest BCUT2D eigenvalue weighted by molar-refractivity contribution is -0.142. The number of hydrogen-bond acceptors (Lipinski definition) is 8. The monoisotopic (exact) mass is 442 g/mol. The lowest BCUT2D eigenvalue weighted by Crippen LogP contribution is -2.41. The van der Waals surface area contributed by atoms with Crippen molar-refractivity contribution in [1.29, 1.82) is 0 Å². The van der Waals surface area contributed by atoms with Crippen LogP contribution in [0.4, 0.5) is 5.69 Å². The summed E-state index contributed by atoms with van der Waals surface area (Å²) in [6, 6.07) is 4.31. The molecule has 1 aromatic carbocycles. The van der Waals surface area contributed by atoms with E-state index in [0.717, 1.165) is 7.11 Å². The van der Waals surface area contributed by atoms with Crippen LogP contribution in [-0.4, -0.2) is 67.2 Å². The van der Waals surface area contributed by atoms with Gasteiger partial charge in [-0.1, -0.05) is 11.8 Å². The van der Waals surface area contributed by atoms with Crippen molar-refractivity contribution in [3.63, 3.8) is 0 Å². The summed E-state index contributed by atoms with van der Waals surface area (Å²) in [7, 11) is -1.30. The van der Waals surface area contributed by atoms with Crippen LogP contribution in [-0.2, 0) is 38.6 Å². The molecular weight excluding hydrogens is 416 g/mol. The van der Waals surface area contributed by atoms with Gasteiger partial charge < -0.3 is 24.3 Å². The van der Waals surface area contributed by atoms with E-state index in [-0.39, 0.29) is 30.6 Å². The number of ether oxygens (including phenoxy) is 4. The van der Waals surface area contributed by atoms with Crippen molar-refractivity contribution in [3.05, 3.63) is 24.3 Å². The molecule has 30 heavy (non-hydrogen) atoms. The van der Waals surface area contributed by atoms with Crippen LogP contribution in [0.25, 0.3) is 0 Å². The largest absolute Gasteiger partial charge is 0.468 e. The number of sulfonamides is 1. The van der Waals surface area contributed by atoms with Crippen LogP contribution in [0.3, 0.4) is 0 Å². The number of rotatable bonds is 12. The molecule has 0 spiro atoms. The number of hydrogen-bond donors (Lipinski definition) is 2. The molecule has 0 aliphatic heterocycles. The van der Waals surface area contributed by atoms with Crippen LogP contribution in [0, 0.1) is 11.8 Å². The van der Waals surface area contributed by atoms with Gasteiger partial charge in [0.1, 0.15) is 19.4 Å². The molecule has 0 aliphatic carbocycles. The van der Waals surface area contributed by atoms with Gasteiger partial charge in [0, 0.05) is 26.1 Å². The van der Waals surface area contributed by atoms with Crippen LogP contribution in [0.2, 0.25) is 0 Å². The molecule has 0 saturated carbocycles. The van der Waals surface area contributed by atoms with Crippen molar-refractivity contribution in [2.45, 2.75) is 24.3 Å². The van der Waals surface area contributed by atoms with Gasteiger partial charge >= 0.3 is 5.97 Å². The number of esters is 1. The second-order valence-corrected chi connectivity index (χ2v) is 7.54. The van der Waals surface area contributed by atoms with E-state index in [9.17, 15) is 18.0 Å². The Hall–Kier alpha value is -2.49. The highest BCUT2D eigenvalue weighted by Gasteiger charge is 2.25. The summed E-state index contributed by atoms with van der Waals surface area (Å²) < 4.78 is 47.1. The predicted octanol–water partition coefficient (Wildman–Crippen LogP) is 0.496. The van der Waals surface area contributed by atoms with Crippen molar-refractivity contribution < 1.29 is 37.0 Å². The first-order valence-corrected chi connectivity index (χ1v) is 10.4. The van der Waals surface area contributed by atoms with E-state index >= 15 is 0 Å². The molecule has 166 valence electrons. The fourth-order valence-corrected chi connectivity index (χ4v) is 3.25. The Morgan fingerprint density at radius 1 is 1.07 bits per heavy atom. The lowest BCUT2D eigenvalue weighted by Gasteiger charge is -2.14. The second-order valence-electron chi connectivity index (χ2n) is 5.83. The van der Waals surface area contributed by atoms with Crippen molar-refractivity contribution >= 4 is 27.6 Å². The molecule has 1 rings (SSSR count). The molecule has 10 nitrogen and oxygen atoms in total. The number of carbonyl (C=O) groups is 2. The Balaban J connectivity index is 2.66. The van der Waals surface area contributed by atoms with Gasteiger partial charge in [-0.3, -0.25) is 9.59 Å².